The summed E-state index contributed by atoms with van der Waals surface area (Å²) in [5.74, 6) is -1.10. The number of hydrogen-bond acceptors (Lipinski definition) is 5. The first-order valence-corrected chi connectivity index (χ1v) is 4.99. The van der Waals surface area contributed by atoms with E-state index in [1.807, 2.05) is 0 Å². The number of carbonyl (C=O) groups excluding carboxylic acids is 1. The van der Waals surface area contributed by atoms with Crippen molar-refractivity contribution in [2.45, 2.75) is 44.8 Å². The summed E-state index contributed by atoms with van der Waals surface area (Å²) < 4.78 is 5.37. The van der Waals surface area contributed by atoms with Gasteiger partial charge in [-0.1, -0.05) is 6.92 Å². The molecule has 0 unspecified atom stereocenters. The second-order valence-corrected chi connectivity index (χ2v) is 3.98. The zero-order valence-corrected chi connectivity index (χ0v) is 9.24. The van der Waals surface area contributed by atoms with Gasteiger partial charge in [0.15, 0.2) is 5.90 Å². The summed E-state index contributed by atoms with van der Waals surface area (Å²) in [5, 5.41) is 21.0. The van der Waals surface area contributed by atoms with Crippen LogP contribution in [0.3, 0.4) is 0 Å². The van der Waals surface area contributed by atoms with Crippen LogP contribution in [-0.2, 0) is 9.53 Å². The molecule has 0 fully saturated rings. The molecule has 5 heteroatoms. The Hall–Kier alpha value is -1.10. The van der Waals surface area contributed by atoms with Gasteiger partial charge in [0.1, 0.15) is 11.2 Å². The Morgan fingerprint density at radius 2 is 2.40 bits per heavy atom. The van der Waals surface area contributed by atoms with Gasteiger partial charge in [-0.05, 0) is 13.3 Å². The highest BCUT2D eigenvalue weighted by atomic mass is 16.5. The number of carbonyl (C=O) groups is 1. The molecule has 0 aromatic rings. The Morgan fingerprint density at radius 1 is 1.80 bits per heavy atom. The Kier molecular flexibility index (Phi) is 3.04. The van der Waals surface area contributed by atoms with Gasteiger partial charge in [-0.3, -0.25) is 4.99 Å². The van der Waals surface area contributed by atoms with E-state index in [0.29, 0.717) is 18.9 Å². The molecule has 1 aliphatic heterocycles. The number of ether oxygens (including phenoxy) is 1. The number of aliphatic imine (C=N–C) groups is 1. The van der Waals surface area contributed by atoms with Crippen molar-refractivity contribution in [2.75, 3.05) is 6.54 Å². The minimum absolute atomic E-state index is 0.0408. The number of aliphatic carboxylic acids is 1. The third-order valence-electron chi connectivity index (χ3n) is 3.02. The lowest BCUT2D eigenvalue weighted by molar-refractivity contribution is -0.336. The van der Waals surface area contributed by atoms with Crippen LogP contribution in [0.5, 0.6) is 0 Å². The van der Waals surface area contributed by atoms with Gasteiger partial charge in [0.2, 0.25) is 0 Å². The van der Waals surface area contributed by atoms with E-state index in [9.17, 15) is 15.0 Å². The standard InChI is InChI=1S/C10H17NO4/c1-4-10(14,8(12)13)9(3)5-6-11-7(2)15-9/h14H,4-6H2,1-3H3,(H,12,13)/p-1/t9-,10+/m0/s1. The molecule has 1 rings (SSSR count). The normalized spacial score (nSPS) is 30.0. The van der Waals surface area contributed by atoms with E-state index in [4.69, 9.17) is 4.74 Å². The second-order valence-electron chi connectivity index (χ2n) is 3.98. The zero-order valence-electron chi connectivity index (χ0n) is 9.24. The number of carboxylic acids is 1. The average Bonchev–Trinajstić information content (AvgIpc) is 2.15. The van der Waals surface area contributed by atoms with Crippen LogP contribution in [0, 0.1) is 0 Å². The Balaban J connectivity index is 3.03. The first-order chi connectivity index (χ1) is 6.85. The molecule has 0 amide bonds. The Bertz CT molecular complexity index is 302. The van der Waals surface area contributed by atoms with Crippen molar-refractivity contribution >= 4 is 11.9 Å². The van der Waals surface area contributed by atoms with Crippen molar-refractivity contribution in [1.82, 2.24) is 0 Å². The predicted octanol–water partition coefficient (Wildman–Crippen LogP) is -0.525. The first-order valence-electron chi connectivity index (χ1n) is 4.99. The maximum atomic E-state index is 11.0. The number of aliphatic hydroxyl groups is 1. The largest absolute Gasteiger partial charge is 0.547 e. The summed E-state index contributed by atoms with van der Waals surface area (Å²) in [6, 6.07) is 0. The molecule has 1 heterocycles. The fraction of sp³-hybridized carbons (Fsp3) is 0.800. The SMILES string of the molecule is CC[C@@](O)(C(=O)[O-])[C@]1(C)CCN=C(C)O1. The van der Waals surface area contributed by atoms with E-state index in [2.05, 4.69) is 4.99 Å². The fourth-order valence-corrected chi connectivity index (χ4v) is 1.86. The lowest BCUT2D eigenvalue weighted by atomic mass is 9.79. The average molecular weight is 214 g/mol. The van der Waals surface area contributed by atoms with Gasteiger partial charge in [-0.25, -0.2) is 0 Å². The molecule has 0 aliphatic carbocycles. The molecule has 1 N–H and O–H groups in total. The highest BCUT2D eigenvalue weighted by Gasteiger charge is 2.50. The third-order valence-corrected chi connectivity index (χ3v) is 3.02. The molecule has 2 atom stereocenters. The van der Waals surface area contributed by atoms with Crippen LogP contribution in [0.25, 0.3) is 0 Å². The number of hydrogen-bond donors (Lipinski definition) is 1. The Morgan fingerprint density at radius 3 is 2.80 bits per heavy atom. The van der Waals surface area contributed by atoms with E-state index >= 15 is 0 Å². The lowest BCUT2D eigenvalue weighted by Gasteiger charge is -2.46. The van der Waals surface area contributed by atoms with Gasteiger partial charge in [-0.15, -0.1) is 0 Å². The molecular formula is C10H16NO4-. The van der Waals surface area contributed by atoms with Gasteiger partial charge >= 0.3 is 0 Å². The van der Waals surface area contributed by atoms with Crippen molar-refractivity contribution < 1.29 is 19.7 Å². The second kappa shape index (κ2) is 3.81. The minimum Gasteiger partial charge on any atom is -0.547 e. The molecule has 15 heavy (non-hydrogen) atoms. The van der Waals surface area contributed by atoms with Crippen LogP contribution in [-0.4, -0.2) is 34.7 Å². The van der Waals surface area contributed by atoms with Gasteiger partial charge in [0.25, 0.3) is 0 Å². The van der Waals surface area contributed by atoms with Crippen LogP contribution in [0.15, 0.2) is 4.99 Å². The molecular weight excluding hydrogens is 198 g/mol. The summed E-state index contributed by atoms with van der Waals surface area (Å²) in [6.45, 7) is 5.26. The topological polar surface area (TPSA) is 82.0 Å². The monoisotopic (exact) mass is 214 g/mol. The zero-order chi connectivity index (χ0) is 11.7. The summed E-state index contributed by atoms with van der Waals surface area (Å²) in [5.41, 5.74) is -3.13. The molecule has 0 radical (unpaired) electrons. The van der Waals surface area contributed by atoms with E-state index in [1.165, 1.54) is 0 Å². The predicted molar refractivity (Wildman–Crippen MR) is 52.3 cm³/mol. The van der Waals surface area contributed by atoms with Crippen LogP contribution in [0.2, 0.25) is 0 Å². The van der Waals surface area contributed by atoms with Crippen molar-refractivity contribution in [3.8, 4) is 0 Å². The van der Waals surface area contributed by atoms with Gasteiger partial charge < -0.3 is 19.7 Å². The lowest BCUT2D eigenvalue weighted by Crippen LogP contribution is -2.64. The molecule has 5 nitrogen and oxygen atoms in total. The molecule has 0 saturated carbocycles. The smallest absolute Gasteiger partial charge is 0.180 e. The van der Waals surface area contributed by atoms with Crippen LogP contribution >= 0.6 is 0 Å². The number of rotatable bonds is 3. The molecule has 0 saturated heterocycles. The third kappa shape index (κ3) is 1.84. The number of carboxylic acid groups (broad SMARTS) is 1. The van der Waals surface area contributed by atoms with Gasteiger partial charge in [0.05, 0.1) is 5.97 Å². The summed E-state index contributed by atoms with van der Waals surface area (Å²) in [6.07, 6.45) is 0.405. The molecule has 0 aromatic carbocycles. The maximum absolute atomic E-state index is 11.0. The molecule has 1 aliphatic rings. The Labute approximate surface area is 88.8 Å². The van der Waals surface area contributed by atoms with E-state index in [-0.39, 0.29) is 6.42 Å². The van der Waals surface area contributed by atoms with Crippen molar-refractivity contribution in [2.24, 2.45) is 4.99 Å². The quantitative estimate of drug-likeness (QED) is 0.685. The highest BCUT2D eigenvalue weighted by Crippen LogP contribution is 2.34. The van der Waals surface area contributed by atoms with E-state index in [0.717, 1.165) is 0 Å². The van der Waals surface area contributed by atoms with Crippen molar-refractivity contribution in [3.63, 3.8) is 0 Å². The molecule has 0 aromatic heterocycles. The van der Waals surface area contributed by atoms with E-state index < -0.39 is 17.2 Å². The molecule has 86 valence electrons. The fourth-order valence-electron chi connectivity index (χ4n) is 1.86. The van der Waals surface area contributed by atoms with E-state index in [1.54, 1.807) is 20.8 Å². The van der Waals surface area contributed by atoms with Crippen LogP contribution in [0.4, 0.5) is 0 Å². The van der Waals surface area contributed by atoms with Gasteiger partial charge in [-0.2, -0.15) is 0 Å². The highest BCUT2D eigenvalue weighted by molar-refractivity contribution is 5.80. The first kappa shape index (κ1) is 12.0. The summed E-state index contributed by atoms with van der Waals surface area (Å²) in [4.78, 5) is 15.0. The van der Waals surface area contributed by atoms with Crippen molar-refractivity contribution in [3.05, 3.63) is 0 Å². The minimum atomic E-state index is -1.97. The summed E-state index contributed by atoms with van der Waals surface area (Å²) in [7, 11) is 0. The van der Waals surface area contributed by atoms with Crippen LogP contribution < -0.4 is 5.11 Å². The summed E-state index contributed by atoms with van der Waals surface area (Å²) >= 11 is 0. The maximum Gasteiger partial charge on any atom is 0.180 e. The van der Waals surface area contributed by atoms with Crippen LogP contribution in [0.1, 0.15) is 33.6 Å². The number of nitrogens with zero attached hydrogens (tertiary/aromatic N) is 1. The molecule has 0 bridgehead atoms. The van der Waals surface area contributed by atoms with Gasteiger partial charge in [0, 0.05) is 19.9 Å². The van der Waals surface area contributed by atoms with Crippen molar-refractivity contribution in [1.29, 1.82) is 0 Å². The molecule has 0 spiro atoms.